The zero-order valence-corrected chi connectivity index (χ0v) is 7.19. The normalized spacial score (nSPS) is 8.21. The molecule has 0 saturated heterocycles. The van der Waals surface area contributed by atoms with Gasteiger partial charge in [0.05, 0.1) is 0 Å². The number of carbonyl (C=O) groups is 1. The Hall–Kier alpha value is -2.33. The zero-order chi connectivity index (χ0) is 10.4. The van der Waals surface area contributed by atoms with E-state index in [1.807, 2.05) is 6.07 Å². The molecule has 1 aromatic rings. The SMILES string of the molecule is N#Cc1cccc(C#CCC(=O)O)n1. The smallest absolute Gasteiger partial charge is 0.315 e. The molecular weight excluding hydrogens is 180 g/mol. The maximum atomic E-state index is 10.1. The Morgan fingerprint density at radius 1 is 1.50 bits per heavy atom. The Labute approximate surface area is 80.8 Å². The lowest BCUT2D eigenvalue weighted by Crippen LogP contribution is -1.91. The predicted molar refractivity (Wildman–Crippen MR) is 48.1 cm³/mol. The van der Waals surface area contributed by atoms with E-state index in [0.717, 1.165) is 0 Å². The third-order valence-corrected chi connectivity index (χ3v) is 1.32. The fourth-order valence-electron chi connectivity index (χ4n) is 0.777. The standard InChI is InChI=1S/C10H6N2O2/c11-7-9-5-1-3-8(12-9)4-2-6-10(13)14/h1,3,5H,6H2,(H,13,14). The molecular formula is C10H6N2O2. The Kier molecular flexibility index (Phi) is 3.23. The van der Waals surface area contributed by atoms with Gasteiger partial charge in [-0.05, 0) is 18.1 Å². The van der Waals surface area contributed by atoms with Crippen molar-refractivity contribution in [2.75, 3.05) is 0 Å². The Morgan fingerprint density at radius 3 is 2.86 bits per heavy atom. The first kappa shape index (κ1) is 9.76. The molecule has 0 unspecified atom stereocenters. The number of rotatable bonds is 1. The Morgan fingerprint density at radius 2 is 2.21 bits per heavy atom. The van der Waals surface area contributed by atoms with Crippen LogP contribution in [0.3, 0.4) is 0 Å². The van der Waals surface area contributed by atoms with E-state index < -0.39 is 5.97 Å². The van der Waals surface area contributed by atoms with E-state index in [0.29, 0.717) is 5.69 Å². The van der Waals surface area contributed by atoms with Crippen molar-refractivity contribution in [3.63, 3.8) is 0 Å². The van der Waals surface area contributed by atoms with Gasteiger partial charge in [-0.1, -0.05) is 12.0 Å². The van der Waals surface area contributed by atoms with Crippen LogP contribution in [-0.4, -0.2) is 16.1 Å². The molecule has 0 aliphatic heterocycles. The second-order valence-corrected chi connectivity index (χ2v) is 2.39. The van der Waals surface area contributed by atoms with Gasteiger partial charge in [-0.2, -0.15) is 5.26 Å². The van der Waals surface area contributed by atoms with Crippen molar-refractivity contribution in [3.05, 3.63) is 29.6 Å². The lowest BCUT2D eigenvalue weighted by molar-refractivity contribution is -0.135. The molecule has 0 bridgehead atoms. The summed E-state index contributed by atoms with van der Waals surface area (Å²) in [7, 11) is 0. The zero-order valence-electron chi connectivity index (χ0n) is 7.19. The van der Waals surface area contributed by atoms with Crippen LogP contribution in [-0.2, 0) is 4.79 Å². The van der Waals surface area contributed by atoms with E-state index in [1.165, 1.54) is 0 Å². The van der Waals surface area contributed by atoms with Gasteiger partial charge >= 0.3 is 5.97 Å². The molecule has 0 amide bonds. The number of pyridine rings is 1. The lowest BCUT2D eigenvalue weighted by atomic mass is 10.3. The topological polar surface area (TPSA) is 74.0 Å². The first-order chi connectivity index (χ1) is 6.72. The fraction of sp³-hybridized carbons (Fsp3) is 0.100. The molecule has 68 valence electrons. The van der Waals surface area contributed by atoms with Crippen LogP contribution in [0.1, 0.15) is 17.8 Å². The molecule has 0 aromatic carbocycles. The summed E-state index contributed by atoms with van der Waals surface area (Å²) < 4.78 is 0. The number of nitrogens with zero attached hydrogens (tertiary/aromatic N) is 2. The van der Waals surface area contributed by atoms with Crippen LogP contribution in [0.15, 0.2) is 18.2 Å². The molecule has 0 atom stereocenters. The summed E-state index contributed by atoms with van der Waals surface area (Å²) in [5.74, 6) is 4.01. The van der Waals surface area contributed by atoms with E-state index in [4.69, 9.17) is 10.4 Å². The molecule has 1 aromatic heterocycles. The minimum absolute atomic E-state index is 0.224. The van der Waals surface area contributed by atoms with E-state index in [-0.39, 0.29) is 12.1 Å². The minimum atomic E-state index is -0.978. The number of nitriles is 1. The van der Waals surface area contributed by atoms with Gasteiger partial charge < -0.3 is 5.11 Å². The summed E-state index contributed by atoms with van der Waals surface area (Å²) in [6, 6.07) is 6.70. The summed E-state index contributed by atoms with van der Waals surface area (Å²) in [6.07, 6.45) is -0.224. The second kappa shape index (κ2) is 4.64. The van der Waals surface area contributed by atoms with Crippen molar-refractivity contribution in [2.24, 2.45) is 0 Å². The van der Waals surface area contributed by atoms with Gasteiger partial charge in [-0.25, -0.2) is 4.98 Å². The highest BCUT2D eigenvalue weighted by Gasteiger charge is 1.93. The second-order valence-electron chi connectivity index (χ2n) is 2.39. The van der Waals surface area contributed by atoms with Crippen LogP contribution in [0.25, 0.3) is 0 Å². The van der Waals surface area contributed by atoms with Crippen LogP contribution >= 0.6 is 0 Å². The molecule has 0 aliphatic rings. The van der Waals surface area contributed by atoms with E-state index in [2.05, 4.69) is 16.8 Å². The molecule has 4 heteroatoms. The van der Waals surface area contributed by atoms with Gasteiger partial charge in [0, 0.05) is 0 Å². The molecule has 0 spiro atoms. The van der Waals surface area contributed by atoms with Gasteiger partial charge in [0.2, 0.25) is 0 Å². The van der Waals surface area contributed by atoms with Gasteiger partial charge in [-0.3, -0.25) is 4.79 Å². The average Bonchev–Trinajstić information content (AvgIpc) is 2.18. The average molecular weight is 186 g/mol. The number of hydrogen-bond acceptors (Lipinski definition) is 3. The highest BCUT2D eigenvalue weighted by atomic mass is 16.4. The third kappa shape index (κ3) is 2.96. The molecule has 0 radical (unpaired) electrons. The lowest BCUT2D eigenvalue weighted by Gasteiger charge is -1.88. The Bertz CT molecular complexity index is 449. The van der Waals surface area contributed by atoms with Crippen LogP contribution in [0, 0.1) is 23.2 Å². The summed E-state index contributed by atoms with van der Waals surface area (Å²) in [5, 5.41) is 16.8. The fourth-order valence-corrected chi connectivity index (χ4v) is 0.777. The van der Waals surface area contributed by atoms with Gasteiger partial charge in [0.15, 0.2) is 0 Å². The van der Waals surface area contributed by atoms with E-state index >= 15 is 0 Å². The number of aliphatic carboxylic acids is 1. The van der Waals surface area contributed by atoms with Crippen molar-refractivity contribution >= 4 is 5.97 Å². The molecule has 0 fully saturated rings. The molecule has 0 aliphatic carbocycles. The first-order valence-electron chi connectivity index (χ1n) is 3.80. The van der Waals surface area contributed by atoms with Gasteiger partial charge in [0.25, 0.3) is 0 Å². The van der Waals surface area contributed by atoms with Gasteiger partial charge in [0.1, 0.15) is 23.9 Å². The summed E-state index contributed by atoms with van der Waals surface area (Å²) in [4.78, 5) is 14.0. The minimum Gasteiger partial charge on any atom is -0.481 e. The quantitative estimate of drug-likeness (QED) is 0.657. The highest BCUT2D eigenvalue weighted by molar-refractivity contribution is 5.70. The van der Waals surface area contributed by atoms with Crippen molar-refractivity contribution in [3.8, 4) is 17.9 Å². The monoisotopic (exact) mass is 186 g/mol. The molecule has 0 saturated carbocycles. The van der Waals surface area contributed by atoms with E-state index in [1.54, 1.807) is 18.2 Å². The van der Waals surface area contributed by atoms with Crippen molar-refractivity contribution in [2.45, 2.75) is 6.42 Å². The van der Waals surface area contributed by atoms with Crippen molar-refractivity contribution < 1.29 is 9.90 Å². The molecule has 1 rings (SSSR count). The summed E-state index contributed by atoms with van der Waals surface area (Å²) >= 11 is 0. The van der Waals surface area contributed by atoms with Crippen molar-refractivity contribution in [1.82, 2.24) is 4.98 Å². The van der Waals surface area contributed by atoms with Crippen LogP contribution in [0.2, 0.25) is 0 Å². The number of carboxylic acid groups (broad SMARTS) is 1. The first-order valence-corrected chi connectivity index (χ1v) is 3.80. The maximum Gasteiger partial charge on any atom is 0.315 e. The molecule has 1 heterocycles. The maximum absolute atomic E-state index is 10.1. The van der Waals surface area contributed by atoms with Crippen LogP contribution in [0.5, 0.6) is 0 Å². The molecule has 14 heavy (non-hydrogen) atoms. The van der Waals surface area contributed by atoms with Crippen LogP contribution in [0.4, 0.5) is 0 Å². The van der Waals surface area contributed by atoms with Gasteiger partial charge in [-0.15, -0.1) is 0 Å². The van der Waals surface area contributed by atoms with Crippen LogP contribution < -0.4 is 0 Å². The molecule has 1 N–H and O–H groups in total. The third-order valence-electron chi connectivity index (χ3n) is 1.32. The Balaban J connectivity index is 2.80. The number of aromatic nitrogens is 1. The largest absolute Gasteiger partial charge is 0.481 e. The summed E-state index contributed by atoms with van der Waals surface area (Å²) in [6.45, 7) is 0. The summed E-state index contributed by atoms with van der Waals surface area (Å²) in [5.41, 5.74) is 0.678. The molecule has 4 nitrogen and oxygen atoms in total. The number of hydrogen-bond donors (Lipinski definition) is 1. The highest BCUT2D eigenvalue weighted by Crippen LogP contribution is 1.96. The number of carboxylic acids is 1. The van der Waals surface area contributed by atoms with E-state index in [9.17, 15) is 4.79 Å². The predicted octanol–water partition coefficient (Wildman–Crippen LogP) is 0.779. The van der Waals surface area contributed by atoms with Crippen molar-refractivity contribution in [1.29, 1.82) is 5.26 Å².